The Kier molecular flexibility index (Phi) is 2.28. The van der Waals surface area contributed by atoms with Gasteiger partial charge in [0, 0.05) is 10.9 Å². The van der Waals surface area contributed by atoms with Gasteiger partial charge in [-0.15, -0.1) is 0 Å². The van der Waals surface area contributed by atoms with E-state index in [9.17, 15) is 9.59 Å². The van der Waals surface area contributed by atoms with Crippen LogP contribution in [-0.2, 0) is 0 Å². The molecule has 3 nitrogen and oxygen atoms in total. The summed E-state index contributed by atoms with van der Waals surface area (Å²) in [7, 11) is 0. The maximum absolute atomic E-state index is 11.0. The van der Waals surface area contributed by atoms with E-state index in [1.165, 1.54) is 6.07 Å². The van der Waals surface area contributed by atoms with Gasteiger partial charge < -0.3 is 0 Å². The number of H-pyrrole nitrogens is 1. The molecule has 0 atom stereocenters. The van der Waals surface area contributed by atoms with Gasteiger partial charge in [0.25, 0.3) is 5.56 Å². The van der Waals surface area contributed by atoms with Crippen molar-refractivity contribution in [3.8, 4) is 10.4 Å². The molecule has 4 heteroatoms. The van der Waals surface area contributed by atoms with Gasteiger partial charge in [-0.3, -0.25) is 14.6 Å². The third kappa shape index (κ3) is 1.80. The lowest BCUT2D eigenvalue weighted by Crippen LogP contribution is -2.14. The molecular formula is C10H7NO2S. The SMILES string of the molecule is O=c1cc(-c2ccccc2)sc(=O)[nH]1. The highest BCUT2D eigenvalue weighted by Gasteiger charge is 1.99. The Morgan fingerprint density at radius 3 is 2.43 bits per heavy atom. The summed E-state index contributed by atoms with van der Waals surface area (Å²) in [5.74, 6) is 0. The van der Waals surface area contributed by atoms with Gasteiger partial charge in [0.2, 0.25) is 0 Å². The van der Waals surface area contributed by atoms with E-state index < -0.39 is 0 Å². The molecule has 70 valence electrons. The summed E-state index contributed by atoms with van der Waals surface area (Å²) in [4.78, 5) is 24.6. The normalized spacial score (nSPS) is 10.0. The molecule has 0 saturated heterocycles. The number of nitrogens with one attached hydrogen (secondary N) is 1. The molecule has 14 heavy (non-hydrogen) atoms. The van der Waals surface area contributed by atoms with Gasteiger partial charge in [0.15, 0.2) is 0 Å². The number of rotatable bonds is 1. The highest BCUT2D eigenvalue weighted by Crippen LogP contribution is 2.18. The van der Waals surface area contributed by atoms with E-state index in [1.807, 2.05) is 30.3 Å². The standard InChI is InChI=1S/C10H7NO2S/c12-9-6-8(14-10(13)11-9)7-4-2-1-3-5-7/h1-6H,(H,11,12,13). The van der Waals surface area contributed by atoms with Crippen molar-refractivity contribution < 1.29 is 0 Å². The largest absolute Gasteiger partial charge is 0.307 e. The molecule has 0 spiro atoms. The van der Waals surface area contributed by atoms with Crippen molar-refractivity contribution in [2.45, 2.75) is 0 Å². The van der Waals surface area contributed by atoms with Crippen LogP contribution in [0.5, 0.6) is 0 Å². The summed E-state index contributed by atoms with van der Waals surface area (Å²) < 4.78 is 0. The van der Waals surface area contributed by atoms with Crippen LogP contribution < -0.4 is 10.4 Å². The van der Waals surface area contributed by atoms with Gasteiger partial charge in [0.05, 0.1) is 0 Å². The first-order valence-corrected chi connectivity index (χ1v) is 4.87. The number of aromatic nitrogens is 1. The van der Waals surface area contributed by atoms with Crippen molar-refractivity contribution in [3.05, 3.63) is 56.4 Å². The van der Waals surface area contributed by atoms with Crippen LogP contribution in [0.3, 0.4) is 0 Å². The van der Waals surface area contributed by atoms with Crippen molar-refractivity contribution in [1.82, 2.24) is 4.98 Å². The first kappa shape index (κ1) is 8.90. The summed E-state index contributed by atoms with van der Waals surface area (Å²) in [5, 5.41) is 0. The third-order valence-corrected chi connectivity index (χ3v) is 2.61. The molecule has 1 aromatic carbocycles. The predicted octanol–water partition coefficient (Wildman–Crippen LogP) is 1.46. The summed E-state index contributed by atoms with van der Waals surface area (Å²) in [5.41, 5.74) is 0.535. The van der Waals surface area contributed by atoms with Crippen molar-refractivity contribution in [3.63, 3.8) is 0 Å². The second-order valence-electron chi connectivity index (χ2n) is 2.75. The highest BCUT2D eigenvalue weighted by atomic mass is 32.1. The van der Waals surface area contributed by atoms with E-state index in [2.05, 4.69) is 4.98 Å². The van der Waals surface area contributed by atoms with Gasteiger partial charge in [-0.1, -0.05) is 41.7 Å². The quantitative estimate of drug-likeness (QED) is 0.766. The van der Waals surface area contributed by atoms with Crippen LogP contribution in [0.2, 0.25) is 0 Å². The van der Waals surface area contributed by atoms with Crippen LogP contribution in [0.25, 0.3) is 10.4 Å². The fourth-order valence-electron chi connectivity index (χ4n) is 1.16. The molecule has 0 fully saturated rings. The van der Waals surface area contributed by atoms with Gasteiger partial charge in [-0.05, 0) is 5.56 Å². The smallest absolute Gasteiger partial charge is 0.280 e. The van der Waals surface area contributed by atoms with Gasteiger partial charge >= 0.3 is 4.87 Å². The number of hydrogen-bond donors (Lipinski definition) is 1. The molecule has 0 bridgehead atoms. The zero-order valence-electron chi connectivity index (χ0n) is 7.19. The van der Waals surface area contributed by atoms with Crippen LogP contribution in [0, 0.1) is 0 Å². The second-order valence-corrected chi connectivity index (χ2v) is 3.77. The second kappa shape index (κ2) is 3.59. The zero-order chi connectivity index (χ0) is 9.97. The Labute approximate surface area is 83.7 Å². The van der Waals surface area contributed by atoms with Crippen molar-refractivity contribution in [1.29, 1.82) is 0 Å². The molecule has 1 aromatic heterocycles. The average molecular weight is 205 g/mol. The maximum Gasteiger partial charge on any atom is 0.307 e. The number of aromatic amines is 1. The Morgan fingerprint density at radius 1 is 1.07 bits per heavy atom. The molecule has 1 N–H and O–H groups in total. The molecular weight excluding hydrogens is 198 g/mol. The molecule has 0 aliphatic carbocycles. The van der Waals surface area contributed by atoms with Gasteiger partial charge in [-0.25, -0.2) is 0 Å². The summed E-state index contributed by atoms with van der Waals surface area (Å²) in [6, 6.07) is 10.8. The molecule has 0 aliphatic heterocycles. The topological polar surface area (TPSA) is 49.9 Å². The summed E-state index contributed by atoms with van der Waals surface area (Å²) in [6.07, 6.45) is 0. The van der Waals surface area contributed by atoms with Crippen molar-refractivity contribution in [2.75, 3.05) is 0 Å². The molecule has 2 aromatic rings. The Balaban J connectivity index is 2.64. The molecule has 0 unspecified atom stereocenters. The van der Waals surface area contributed by atoms with E-state index in [0.29, 0.717) is 4.88 Å². The molecule has 2 rings (SSSR count). The van der Waals surface area contributed by atoms with E-state index in [0.717, 1.165) is 16.9 Å². The lowest BCUT2D eigenvalue weighted by Gasteiger charge is -1.96. The molecule has 0 aliphatic rings. The lowest BCUT2D eigenvalue weighted by atomic mass is 10.2. The van der Waals surface area contributed by atoms with Crippen LogP contribution >= 0.6 is 11.3 Å². The highest BCUT2D eigenvalue weighted by molar-refractivity contribution is 7.12. The Bertz CT molecular complexity index is 514. The summed E-state index contributed by atoms with van der Waals surface area (Å²) >= 11 is 1.03. The van der Waals surface area contributed by atoms with Crippen molar-refractivity contribution in [2.24, 2.45) is 0 Å². The van der Waals surface area contributed by atoms with E-state index in [1.54, 1.807) is 0 Å². The lowest BCUT2D eigenvalue weighted by molar-refractivity contribution is 1.23. The summed E-state index contributed by atoms with van der Waals surface area (Å²) in [6.45, 7) is 0. The monoisotopic (exact) mass is 205 g/mol. The first-order chi connectivity index (χ1) is 6.75. The molecule has 0 amide bonds. The number of benzene rings is 1. The maximum atomic E-state index is 11.0. The van der Waals surface area contributed by atoms with Gasteiger partial charge in [0.1, 0.15) is 0 Å². The van der Waals surface area contributed by atoms with E-state index in [4.69, 9.17) is 0 Å². The minimum absolute atomic E-state index is 0.323. The zero-order valence-corrected chi connectivity index (χ0v) is 8.01. The van der Waals surface area contributed by atoms with Crippen LogP contribution in [0.1, 0.15) is 0 Å². The van der Waals surface area contributed by atoms with E-state index in [-0.39, 0.29) is 10.4 Å². The Morgan fingerprint density at radius 2 is 1.79 bits per heavy atom. The minimum Gasteiger partial charge on any atom is -0.280 e. The molecule has 0 radical (unpaired) electrons. The van der Waals surface area contributed by atoms with Crippen molar-refractivity contribution >= 4 is 11.3 Å². The third-order valence-electron chi connectivity index (χ3n) is 1.75. The molecule has 0 saturated carbocycles. The average Bonchev–Trinajstić information content (AvgIpc) is 2.18. The predicted molar refractivity (Wildman–Crippen MR) is 56.6 cm³/mol. The van der Waals surface area contributed by atoms with Crippen LogP contribution in [0.15, 0.2) is 46.0 Å². The fraction of sp³-hybridized carbons (Fsp3) is 0. The fourth-order valence-corrected chi connectivity index (χ4v) is 1.93. The molecule has 1 heterocycles. The number of hydrogen-bond acceptors (Lipinski definition) is 3. The van der Waals surface area contributed by atoms with Crippen LogP contribution in [0.4, 0.5) is 0 Å². The minimum atomic E-state index is -0.354. The van der Waals surface area contributed by atoms with Crippen LogP contribution in [-0.4, -0.2) is 4.98 Å². The van der Waals surface area contributed by atoms with Gasteiger partial charge in [-0.2, -0.15) is 0 Å². The Hall–Kier alpha value is -1.68. The van der Waals surface area contributed by atoms with E-state index >= 15 is 0 Å². The first-order valence-electron chi connectivity index (χ1n) is 4.05.